The molecule has 0 spiro atoms. The summed E-state index contributed by atoms with van der Waals surface area (Å²) in [7, 11) is 0. The number of aliphatic carboxylic acids is 5. The van der Waals surface area contributed by atoms with Crippen molar-refractivity contribution in [2.24, 2.45) is 5.92 Å². The number of thiol groups is 1. The van der Waals surface area contributed by atoms with Gasteiger partial charge >= 0.3 is 29.8 Å². The Hall–Kier alpha value is -5.28. The Morgan fingerprint density at radius 1 is 0.473 bits per heavy atom. The van der Waals surface area contributed by atoms with Crippen molar-refractivity contribution >= 4 is 77.8 Å². The minimum atomic E-state index is -2.03. The lowest BCUT2D eigenvalue weighted by atomic mass is 9.88. The summed E-state index contributed by atoms with van der Waals surface area (Å²) < 4.78 is 0. The zero-order valence-corrected chi connectivity index (χ0v) is 30.8. The lowest BCUT2D eigenvalue weighted by Gasteiger charge is -2.23. The second-order valence-corrected chi connectivity index (χ2v) is 13.4. The van der Waals surface area contributed by atoms with Gasteiger partial charge in [0.15, 0.2) is 5.78 Å². The van der Waals surface area contributed by atoms with Crippen LogP contribution in [0.3, 0.4) is 0 Å². The van der Waals surface area contributed by atoms with Gasteiger partial charge in [-0.05, 0) is 25.7 Å². The molecule has 0 aromatic rings. The maximum Gasteiger partial charge on any atom is 0.326 e. The van der Waals surface area contributed by atoms with E-state index in [0.29, 0.717) is 25.7 Å². The molecule has 5 atom stereocenters. The van der Waals surface area contributed by atoms with Crippen LogP contribution in [0.15, 0.2) is 0 Å². The highest BCUT2D eigenvalue weighted by Gasteiger charge is 2.32. The maximum absolute atomic E-state index is 12.6. The molecule has 1 aliphatic rings. The molecule has 1 rings (SSSR count). The minimum Gasteiger partial charge on any atom is -0.481 e. The van der Waals surface area contributed by atoms with Crippen molar-refractivity contribution in [1.29, 1.82) is 0 Å². The number of nitrogens with one attached hydrogen (secondary N) is 5. The largest absolute Gasteiger partial charge is 0.481 e. The van der Waals surface area contributed by atoms with Crippen LogP contribution in [0.5, 0.6) is 0 Å². The summed E-state index contributed by atoms with van der Waals surface area (Å²) in [4.78, 5) is 132. The fourth-order valence-electron chi connectivity index (χ4n) is 5.55. The molecule has 21 nitrogen and oxygen atoms in total. The number of rotatable bonds is 27. The number of Topliss-reactive ketones (excluding diaryl/α,β-unsaturated/α-hetero) is 1. The third-order valence-corrected chi connectivity index (χ3v) is 8.89. The van der Waals surface area contributed by atoms with Crippen molar-refractivity contribution in [3.05, 3.63) is 0 Å². The van der Waals surface area contributed by atoms with Gasteiger partial charge < -0.3 is 52.1 Å². The molecule has 0 radical (unpaired) electrons. The van der Waals surface area contributed by atoms with Crippen molar-refractivity contribution in [3.8, 4) is 0 Å². The molecule has 0 bridgehead atoms. The summed E-state index contributed by atoms with van der Waals surface area (Å²) in [6.45, 7) is 0. The topological polar surface area (TPSA) is 349 Å². The average molecular weight is 804 g/mol. The van der Waals surface area contributed by atoms with Gasteiger partial charge in [0.2, 0.25) is 29.5 Å². The number of carboxylic acids is 5. The Morgan fingerprint density at radius 3 is 1.24 bits per heavy atom. The summed E-state index contributed by atoms with van der Waals surface area (Å²) in [6.07, 6.45) is 2.40. The number of hydrogen-bond acceptors (Lipinski definition) is 12. The first-order chi connectivity index (χ1) is 25.8. The summed E-state index contributed by atoms with van der Waals surface area (Å²) >= 11 is 4.20. The van der Waals surface area contributed by atoms with E-state index in [4.69, 9.17) is 10.2 Å². The monoisotopic (exact) mass is 803 g/mol. The molecule has 55 heavy (non-hydrogen) atoms. The van der Waals surface area contributed by atoms with Crippen LogP contribution in [0.2, 0.25) is 0 Å². The molecule has 1 saturated carbocycles. The van der Waals surface area contributed by atoms with E-state index in [1.54, 1.807) is 5.32 Å². The molecule has 1 aliphatic carbocycles. The first-order valence-corrected chi connectivity index (χ1v) is 18.2. The molecule has 1 fully saturated rings. The van der Waals surface area contributed by atoms with E-state index >= 15 is 0 Å². The summed E-state index contributed by atoms with van der Waals surface area (Å²) in [5, 5.41) is 56.6. The third kappa shape index (κ3) is 19.6. The van der Waals surface area contributed by atoms with Crippen molar-refractivity contribution in [1.82, 2.24) is 26.6 Å². The highest BCUT2D eigenvalue weighted by atomic mass is 32.1. The Kier molecular flexibility index (Phi) is 21.6. The number of carbonyl (C=O) groups excluding carboxylic acids is 6. The Morgan fingerprint density at radius 2 is 0.855 bits per heavy atom. The molecule has 308 valence electrons. The fourth-order valence-corrected chi connectivity index (χ4v) is 5.85. The highest BCUT2D eigenvalue weighted by Crippen LogP contribution is 2.24. The number of hydrogen-bond donors (Lipinski definition) is 11. The van der Waals surface area contributed by atoms with Gasteiger partial charge in [-0.25, -0.2) is 19.2 Å². The van der Waals surface area contributed by atoms with E-state index in [2.05, 4.69) is 23.3 Å². The smallest absolute Gasteiger partial charge is 0.326 e. The van der Waals surface area contributed by atoms with Gasteiger partial charge in [0.1, 0.15) is 24.2 Å². The number of amides is 5. The molecule has 5 unspecified atom stereocenters. The predicted octanol–water partition coefficient (Wildman–Crippen LogP) is -1.19. The zero-order valence-electron chi connectivity index (χ0n) is 30.0. The molecular weight excluding hydrogens is 754 g/mol. The predicted molar refractivity (Wildman–Crippen MR) is 189 cm³/mol. The highest BCUT2D eigenvalue weighted by molar-refractivity contribution is 7.80. The Bertz CT molecular complexity index is 1440. The van der Waals surface area contributed by atoms with Crippen LogP contribution in [-0.2, 0) is 52.7 Å². The number of carbonyl (C=O) groups is 11. The van der Waals surface area contributed by atoms with E-state index in [1.807, 2.05) is 10.6 Å². The van der Waals surface area contributed by atoms with Crippen LogP contribution in [0.1, 0.15) is 96.3 Å². The van der Waals surface area contributed by atoms with Crippen molar-refractivity contribution in [2.75, 3.05) is 5.75 Å². The van der Waals surface area contributed by atoms with Crippen LogP contribution >= 0.6 is 12.6 Å². The molecule has 0 heterocycles. The first-order valence-electron chi connectivity index (χ1n) is 17.6. The van der Waals surface area contributed by atoms with Gasteiger partial charge in [-0.1, -0.05) is 32.1 Å². The van der Waals surface area contributed by atoms with E-state index in [0.717, 1.165) is 32.1 Å². The fraction of sp³-hybridized carbons (Fsp3) is 0.667. The normalized spacial score (nSPS) is 15.4. The number of carboxylic acid groups (broad SMARTS) is 5. The number of unbranched alkanes of at least 4 members (excludes halogenated alkanes) is 3. The third-order valence-electron chi connectivity index (χ3n) is 8.52. The molecule has 0 saturated heterocycles. The van der Waals surface area contributed by atoms with Gasteiger partial charge in [0.05, 0.1) is 31.7 Å². The molecule has 5 amide bonds. The Labute approximate surface area is 320 Å². The standard InChI is InChI=1S/C33H49N5O16S/c39-23(22(16-55)38-29(46)17-8-4-3-5-9-17)10-6-1-2-7-11-24(40)34-18(30(47)48)12-25(41)35-19(31(49)50)13-26(42)36-20(32(51)52)14-27(43)37-21(33(53)54)15-28(44)45/h17-22,55H,1-16H2,(H,34,40)(H,35,41)(H,36,42)(H,37,43)(H,38,46)(H,44,45)(H,47,48)(H,49,50)(H,51,52)(H,53,54). The van der Waals surface area contributed by atoms with Crippen LogP contribution in [0, 0.1) is 5.92 Å². The summed E-state index contributed by atoms with van der Waals surface area (Å²) in [6, 6.07) is -8.44. The molecule has 0 aromatic carbocycles. The second-order valence-electron chi connectivity index (χ2n) is 13.0. The summed E-state index contributed by atoms with van der Waals surface area (Å²) in [5.74, 6) is -13.2. The average Bonchev–Trinajstić information content (AvgIpc) is 3.10. The van der Waals surface area contributed by atoms with Gasteiger partial charge in [-0.3, -0.25) is 33.6 Å². The second kappa shape index (κ2) is 24.9. The zero-order chi connectivity index (χ0) is 41.7. The van der Waals surface area contributed by atoms with E-state index < -0.39 is 109 Å². The quantitative estimate of drug-likeness (QED) is 0.0344. The van der Waals surface area contributed by atoms with Crippen LogP contribution < -0.4 is 26.6 Å². The number of ketones is 1. The summed E-state index contributed by atoms with van der Waals surface area (Å²) in [5.41, 5.74) is 0. The first kappa shape index (κ1) is 47.7. The van der Waals surface area contributed by atoms with Crippen LogP contribution in [0.4, 0.5) is 0 Å². The lowest BCUT2D eigenvalue weighted by molar-refractivity contribution is -0.148. The van der Waals surface area contributed by atoms with Crippen molar-refractivity contribution < 1.29 is 78.3 Å². The molecular formula is C33H49N5O16S. The lowest BCUT2D eigenvalue weighted by Crippen LogP contribution is -2.51. The molecule has 22 heteroatoms. The minimum absolute atomic E-state index is 0.0965. The van der Waals surface area contributed by atoms with E-state index in [1.165, 1.54) is 0 Å². The maximum atomic E-state index is 12.6. The van der Waals surface area contributed by atoms with Crippen molar-refractivity contribution in [2.45, 2.75) is 127 Å². The van der Waals surface area contributed by atoms with Gasteiger partial charge in [-0.2, -0.15) is 12.6 Å². The van der Waals surface area contributed by atoms with Gasteiger partial charge in [0.25, 0.3) is 0 Å². The SMILES string of the molecule is O=C(O)CC(NC(=O)CC(NC(=O)CC(NC(=O)CC(NC(=O)CCCCCCC(=O)C(CS)NC(=O)C1CCCCC1)C(=O)O)C(=O)O)C(=O)O)C(=O)O. The molecule has 0 aliphatic heterocycles. The Balaban J connectivity index is 2.55. The molecule has 10 N–H and O–H groups in total. The van der Waals surface area contributed by atoms with Crippen molar-refractivity contribution in [3.63, 3.8) is 0 Å². The van der Waals surface area contributed by atoms with E-state index in [9.17, 15) is 68.1 Å². The van der Waals surface area contributed by atoms with Gasteiger partial charge in [0, 0.05) is 24.5 Å². The molecule has 0 aromatic heterocycles. The van der Waals surface area contributed by atoms with Crippen LogP contribution in [0.25, 0.3) is 0 Å². The van der Waals surface area contributed by atoms with Crippen LogP contribution in [-0.4, -0.2) is 127 Å². The van der Waals surface area contributed by atoms with E-state index in [-0.39, 0.29) is 36.2 Å². The van der Waals surface area contributed by atoms with Gasteiger partial charge in [-0.15, -0.1) is 0 Å².